The summed E-state index contributed by atoms with van der Waals surface area (Å²) in [5.74, 6) is 0.542. The molecule has 4 nitrogen and oxygen atoms in total. The Morgan fingerprint density at radius 2 is 2.15 bits per heavy atom. The Hall–Kier alpha value is -1.01. The molecule has 0 unspecified atom stereocenters. The minimum Gasteiger partial charge on any atom is -0.462 e. The molecule has 0 aromatic carbocycles. The summed E-state index contributed by atoms with van der Waals surface area (Å²) >= 11 is 3.16. The number of carbonyl (C=O) groups is 2. The van der Waals surface area contributed by atoms with Gasteiger partial charge in [0.05, 0.1) is 12.2 Å². The van der Waals surface area contributed by atoms with Gasteiger partial charge in [0.1, 0.15) is 5.00 Å². The number of amides is 1. The zero-order chi connectivity index (χ0) is 15.0. The van der Waals surface area contributed by atoms with Crippen LogP contribution < -0.4 is 5.32 Å². The number of hydrogen-bond donors (Lipinski definition) is 1. The van der Waals surface area contributed by atoms with Crippen molar-refractivity contribution in [3.63, 3.8) is 0 Å². The molecular weight excluding hydrogens is 294 g/mol. The third-order valence-electron chi connectivity index (χ3n) is 2.63. The van der Waals surface area contributed by atoms with Crippen molar-refractivity contribution in [2.75, 3.05) is 23.9 Å². The Balaban J connectivity index is 2.74. The van der Waals surface area contributed by atoms with E-state index in [1.54, 1.807) is 24.8 Å². The molecule has 0 saturated carbocycles. The molecular formula is C14H21NO3S2. The fourth-order valence-corrected chi connectivity index (χ4v) is 3.07. The third-order valence-corrected chi connectivity index (χ3v) is 4.52. The lowest BCUT2D eigenvalue weighted by molar-refractivity contribution is -0.116. The van der Waals surface area contributed by atoms with Gasteiger partial charge >= 0.3 is 5.97 Å². The van der Waals surface area contributed by atoms with E-state index in [2.05, 4.69) is 5.32 Å². The van der Waals surface area contributed by atoms with E-state index in [9.17, 15) is 9.59 Å². The molecule has 0 fully saturated rings. The Kier molecular flexibility index (Phi) is 7.69. The van der Waals surface area contributed by atoms with E-state index in [0.29, 0.717) is 23.6 Å². The van der Waals surface area contributed by atoms with Crippen molar-refractivity contribution < 1.29 is 14.3 Å². The van der Waals surface area contributed by atoms with Crippen LogP contribution in [0.4, 0.5) is 5.00 Å². The van der Waals surface area contributed by atoms with Gasteiger partial charge in [0, 0.05) is 11.3 Å². The van der Waals surface area contributed by atoms with Crippen LogP contribution in [-0.4, -0.2) is 30.5 Å². The predicted molar refractivity (Wildman–Crippen MR) is 85.9 cm³/mol. The van der Waals surface area contributed by atoms with Crippen LogP contribution in [0.5, 0.6) is 0 Å². The second kappa shape index (κ2) is 9.02. The highest BCUT2D eigenvalue weighted by Crippen LogP contribution is 2.29. The number of ether oxygens (including phenoxy) is 1. The Labute approximate surface area is 128 Å². The van der Waals surface area contributed by atoms with E-state index in [4.69, 9.17) is 4.74 Å². The molecule has 0 aliphatic rings. The standard InChI is InChI=1S/C14H21NO3S2/c1-4-10-9-11(14(17)18-5-2)13(20-10)15-12(16)7-6-8-19-3/h9H,4-8H2,1-3H3,(H,15,16). The van der Waals surface area contributed by atoms with Crippen LogP contribution in [0.3, 0.4) is 0 Å². The van der Waals surface area contributed by atoms with E-state index in [0.717, 1.165) is 23.5 Å². The Bertz CT molecular complexity index is 457. The molecule has 1 aromatic rings. The first-order valence-electron chi connectivity index (χ1n) is 6.70. The molecule has 6 heteroatoms. The van der Waals surface area contributed by atoms with E-state index >= 15 is 0 Å². The molecule has 1 N–H and O–H groups in total. The molecule has 20 heavy (non-hydrogen) atoms. The van der Waals surface area contributed by atoms with Crippen LogP contribution in [0, 0.1) is 0 Å². The Morgan fingerprint density at radius 3 is 2.75 bits per heavy atom. The van der Waals surface area contributed by atoms with Crippen molar-refractivity contribution in [2.24, 2.45) is 0 Å². The van der Waals surface area contributed by atoms with Gasteiger partial charge in [-0.25, -0.2) is 4.79 Å². The summed E-state index contributed by atoms with van der Waals surface area (Å²) in [4.78, 5) is 24.8. The lowest BCUT2D eigenvalue weighted by Crippen LogP contribution is -2.14. The number of rotatable bonds is 8. The number of anilines is 1. The molecule has 0 atom stereocenters. The predicted octanol–water partition coefficient (Wildman–Crippen LogP) is 3.57. The van der Waals surface area contributed by atoms with Gasteiger partial charge in [-0.3, -0.25) is 4.79 Å². The SMILES string of the molecule is CCOC(=O)c1cc(CC)sc1NC(=O)CCCSC. The number of esters is 1. The first-order valence-corrected chi connectivity index (χ1v) is 8.92. The highest BCUT2D eigenvalue weighted by atomic mass is 32.2. The summed E-state index contributed by atoms with van der Waals surface area (Å²) < 4.78 is 5.02. The first-order chi connectivity index (χ1) is 9.62. The second-order valence-corrected chi connectivity index (χ2v) is 6.30. The van der Waals surface area contributed by atoms with Crippen LogP contribution in [0.2, 0.25) is 0 Å². The maximum absolute atomic E-state index is 11.9. The van der Waals surface area contributed by atoms with Crippen molar-refractivity contribution >= 4 is 40.0 Å². The van der Waals surface area contributed by atoms with E-state index in [1.165, 1.54) is 11.3 Å². The van der Waals surface area contributed by atoms with Crippen molar-refractivity contribution in [1.82, 2.24) is 0 Å². The van der Waals surface area contributed by atoms with Gasteiger partial charge in [-0.1, -0.05) is 6.92 Å². The number of nitrogens with one attached hydrogen (secondary N) is 1. The van der Waals surface area contributed by atoms with E-state index in [-0.39, 0.29) is 11.9 Å². The molecule has 0 spiro atoms. The lowest BCUT2D eigenvalue weighted by atomic mass is 10.2. The highest BCUT2D eigenvalue weighted by molar-refractivity contribution is 7.98. The minimum atomic E-state index is -0.372. The molecule has 1 amide bonds. The molecule has 0 aliphatic carbocycles. The van der Waals surface area contributed by atoms with Gasteiger partial charge in [-0.2, -0.15) is 11.8 Å². The van der Waals surface area contributed by atoms with Gasteiger partial charge < -0.3 is 10.1 Å². The lowest BCUT2D eigenvalue weighted by Gasteiger charge is -2.05. The van der Waals surface area contributed by atoms with Crippen LogP contribution in [0.1, 0.15) is 41.9 Å². The van der Waals surface area contributed by atoms with E-state index in [1.807, 2.05) is 13.2 Å². The molecule has 1 heterocycles. The van der Waals surface area contributed by atoms with E-state index < -0.39 is 0 Å². The van der Waals surface area contributed by atoms with Crippen LogP contribution in [0.25, 0.3) is 0 Å². The topological polar surface area (TPSA) is 55.4 Å². The number of thioether (sulfide) groups is 1. The van der Waals surface area contributed by atoms with Gasteiger partial charge in [-0.15, -0.1) is 11.3 Å². The average molecular weight is 315 g/mol. The fraction of sp³-hybridized carbons (Fsp3) is 0.571. The highest BCUT2D eigenvalue weighted by Gasteiger charge is 2.18. The van der Waals surface area contributed by atoms with Gasteiger partial charge in [0.15, 0.2) is 0 Å². The quantitative estimate of drug-likeness (QED) is 0.588. The summed E-state index contributed by atoms with van der Waals surface area (Å²) in [6, 6.07) is 1.81. The van der Waals surface area contributed by atoms with Crippen LogP contribution >= 0.6 is 23.1 Å². The monoisotopic (exact) mass is 315 g/mol. The molecule has 112 valence electrons. The number of aryl methyl sites for hydroxylation is 1. The summed E-state index contributed by atoms with van der Waals surface area (Å²) in [5, 5.41) is 3.44. The van der Waals surface area contributed by atoms with Crippen molar-refractivity contribution in [3.8, 4) is 0 Å². The van der Waals surface area contributed by atoms with Gasteiger partial charge in [0.25, 0.3) is 0 Å². The molecule has 0 aliphatic heterocycles. The maximum Gasteiger partial charge on any atom is 0.341 e. The molecule has 1 aromatic heterocycles. The van der Waals surface area contributed by atoms with Gasteiger partial charge in [-0.05, 0) is 37.8 Å². The largest absolute Gasteiger partial charge is 0.462 e. The fourth-order valence-electron chi connectivity index (χ4n) is 1.64. The zero-order valence-corrected chi connectivity index (χ0v) is 13.8. The van der Waals surface area contributed by atoms with Crippen LogP contribution in [0.15, 0.2) is 6.07 Å². The molecule has 0 saturated heterocycles. The maximum atomic E-state index is 11.9. The first kappa shape index (κ1) is 17.0. The van der Waals surface area contributed by atoms with Crippen molar-refractivity contribution in [1.29, 1.82) is 0 Å². The average Bonchev–Trinajstić information content (AvgIpc) is 2.82. The molecule has 0 radical (unpaired) electrons. The Morgan fingerprint density at radius 1 is 1.40 bits per heavy atom. The smallest absolute Gasteiger partial charge is 0.341 e. The molecule has 0 bridgehead atoms. The zero-order valence-electron chi connectivity index (χ0n) is 12.2. The number of carbonyl (C=O) groups excluding carboxylic acids is 2. The number of thiophene rings is 1. The van der Waals surface area contributed by atoms with Crippen molar-refractivity contribution in [2.45, 2.75) is 33.1 Å². The minimum absolute atomic E-state index is 0.0471. The van der Waals surface area contributed by atoms with Crippen molar-refractivity contribution in [3.05, 3.63) is 16.5 Å². The van der Waals surface area contributed by atoms with Crippen LogP contribution in [-0.2, 0) is 16.0 Å². The third kappa shape index (κ3) is 5.17. The summed E-state index contributed by atoms with van der Waals surface area (Å²) in [6.45, 7) is 4.12. The van der Waals surface area contributed by atoms with Gasteiger partial charge in [0.2, 0.25) is 5.91 Å². The second-order valence-electron chi connectivity index (χ2n) is 4.17. The molecule has 1 rings (SSSR count). The normalized spacial score (nSPS) is 10.3. The number of hydrogen-bond acceptors (Lipinski definition) is 5. The summed E-state index contributed by atoms with van der Waals surface area (Å²) in [6.07, 6.45) is 4.17. The summed E-state index contributed by atoms with van der Waals surface area (Å²) in [7, 11) is 0. The summed E-state index contributed by atoms with van der Waals surface area (Å²) in [5.41, 5.74) is 0.465.